The van der Waals surface area contributed by atoms with Crippen LogP contribution in [-0.2, 0) is 0 Å². The second-order valence-electron chi connectivity index (χ2n) is 3.83. The first-order valence-electron chi connectivity index (χ1n) is 5.45. The highest BCUT2D eigenvalue weighted by Crippen LogP contribution is 2.29. The fourth-order valence-corrected chi connectivity index (χ4v) is 2.31. The summed E-state index contributed by atoms with van der Waals surface area (Å²) in [6.07, 6.45) is 1.22. The number of carbonyl (C=O) groups is 1. The Kier molecular flexibility index (Phi) is 4.76. The van der Waals surface area contributed by atoms with Gasteiger partial charge in [-0.15, -0.1) is 0 Å². The summed E-state index contributed by atoms with van der Waals surface area (Å²) in [6.45, 7) is 0. The second-order valence-corrected chi connectivity index (χ2v) is 5.48. The van der Waals surface area contributed by atoms with E-state index in [1.165, 1.54) is 18.3 Å². The van der Waals surface area contributed by atoms with Crippen LogP contribution in [0.4, 0.5) is 11.4 Å². The van der Waals surface area contributed by atoms with E-state index in [4.69, 9.17) is 23.2 Å². The van der Waals surface area contributed by atoms with E-state index in [1.807, 2.05) is 0 Å². The van der Waals surface area contributed by atoms with Crippen molar-refractivity contribution < 1.29 is 9.72 Å². The normalized spacial score (nSPS) is 10.2. The quantitative estimate of drug-likeness (QED) is 0.480. The molecule has 1 N–H and O–H groups in total. The molecule has 6 nitrogen and oxygen atoms in total. The van der Waals surface area contributed by atoms with E-state index < -0.39 is 16.5 Å². The van der Waals surface area contributed by atoms with E-state index in [-0.39, 0.29) is 10.7 Å². The number of nitrogens with zero attached hydrogens (tertiary/aromatic N) is 2. The average molecular weight is 391 g/mol. The van der Waals surface area contributed by atoms with E-state index >= 15 is 0 Å². The molecule has 0 unspecified atom stereocenters. The zero-order chi connectivity index (χ0) is 15.6. The van der Waals surface area contributed by atoms with Gasteiger partial charge >= 0.3 is 5.69 Å². The number of nitrogens with one attached hydrogen (secondary N) is 1. The summed E-state index contributed by atoms with van der Waals surface area (Å²) in [5.41, 5.74) is -0.351. The number of carbonyl (C=O) groups excluding carboxylic acids is 1. The number of benzene rings is 1. The summed E-state index contributed by atoms with van der Waals surface area (Å²) in [4.78, 5) is 26.0. The Bertz CT molecular complexity index is 740. The molecule has 0 fully saturated rings. The summed E-state index contributed by atoms with van der Waals surface area (Å²) >= 11 is 14.8. The van der Waals surface area contributed by atoms with Crippen molar-refractivity contribution in [3.05, 3.63) is 60.8 Å². The Morgan fingerprint density at radius 3 is 2.71 bits per heavy atom. The van der Waals surface area contributed by atoms with Crippen LogP contribution in [0.1, 0.15) is 10.4 Å². The smallest absolute Gasteiger partial charge is 0.319 e. The zero-order valence-electron chi connectivity index (χ0n) is 10.1. The predicted octanol–water partition coefficient (Wildman–Crippen LogP) is 4.31. The minimum Gasteiger partial charge on any atom is -0.321 e. The van der Waals surface area contributed by atoms with Gasteiger partial charge in [-0.1, -0.05) is 23.2 Å². The summed E-state index contributed by atoms with van der Waals surface area (Å²) in [5.74, 6) is -0.686. The summed E-state index contributed by atoms with van der Waals surface area (Å²) in [5, 5.41) is 13.6. The highest BCUT2D eigenvalue weighted by Gasteiger charge is 2.25. The molecular formula is C12H6BrCl2N3O3. The minimum absolute atomic E-state index is 0.188. The van der Waals surface area contributed by atoms with Crippen molar-refractivity contribution in [1.82, 2.24) is 4.98 Å². The molecule has 9 heteroatoms. The molecule has 0 aliphatic heterocycles. The van der Waals surface area contributed by atoms with E-state index in [1.54, 1.807) is 12.1 Å². The third-order valence-corrected chi connectivity index (χ3v) is 3.69. The highest BCUT2D eigenvalue weighted by molar-refractivity contribution is 9.10. The predicted molar refractivity (Wildman–Crippen MR) is 83.0 cm³/mol. The molecule has 21 heavy (non-hydrogen) atoms. The summed E-state index contributed by atoms with van der Waals surface area (Å²) < 4.78 is 0.586. The molecule has 1 heterocycles. The van der Waals surface area contributed by atoms with Crippen LogP contribution in [0.5, 0.6) is 0 Å². The Balaban J connectivity index is 2.40. The molecule has 0 aliphatic carbocycles. The molecule has 0 spiro atoms. The first-order chi connectivity index (χ1) is 9.90. The lowest BCUT2D eigenvalue weighted by Crippen LogP contribution is -2.15. The van der Waals surface area contributed by atoms with Gasteiger partial charge in [0, 0.05) is 15.7 Å². The van der Waals surface area contributed by atoms with Crippen LogP contribution in [0.2, 0.25) is 10.2 Å². The molecule has 2 rings (SSSR count). The molecule has 108 valence electrons. The van der Waals surface area contributed by atoms with Gasteiger partial charge in [0.2, 0.25) is 5.15 Å². The number of anilines is 1. The number of rotatable bonds is 3. The monoisotopic (exact) mass is 389 g/mol. The van der Waals surface area contributed by atoms with Gasteiger partial charge in [0.05, 0.1) is 10.6 Å². The average Bonchev–Trinajstić information content (AvgIpc) is 2.42. The Morgan fingerprint density at radius 1 is 1.33 bits per heavy atom. The van der Waals surface area contributed by atoms with Crippen LogP contribution in [0, 0.1) is 10.1 Å². The molecule has 0 radical (unpaired) electrons. The maximum Gasteiger partial charge on any atom is 0.319 e. The number of pyridine rings is 1. The lowest BCUT2D eigenvalue weighted by Gasteiger charge is -2.08. The van der Waals surface area contributed by atoms with Gasteiger partial charge < -0.3 is 5.32 Å². The number of nitro groups is 1. The van der Waals surface area contributed by atoms with Gasteiger partial charge in [0.25, 0.3) is 5.91 Å². The van der Waals surface area contributed by atoms with Crippen LogP contribution in [0.3, 0.4) is 0 Å². The number of hydrogen-bond acceptors (Lipinski definition) is 4. The molecule has 1 amide bonds. The number of amides is 1. The SMILES string of the molecule is O=C(Nc1cc(Cl)ccc1Br)c1ccnc(Cl)c1[N+](=O)[O-]. The van der Waals surface area contributed by atoms with E-state index in [0.29, 0.717) is 15.2 Å². The largest absolute Gasteiger partial charge is 0.321 e. The molecule has 0 bridgehead atoms. The molecule has 0 aliphatic rings. The van der Waals surface area contributed by atoms with Crippen LogP contribution < -0.4 is 5.32 Å². The topological polar surface area (TPSA) is 85.1 Å². The van der Waals surface area contributed by atoms with Crippen molar-refractivity contribution in [3.63, 3.8) is 0 Å². The van der Waals surface area contributed by atoms with E-state index in [9.17, 15) is 14.9 Å². The Hall–Kier alpha value is -1.70. The standard InChI is InChI=1S/C12H6BrCl2N3O3/c13-8-2-1-6(14)5-9(8)17-12(19)7-3-4-16-11(15)10(7)18(20)21/h1-5H,(H,17,19). The van der Waals surface area contributed by atoms with Crippen molar-refractivity contribution in [2.75, 3.05) is 5.32 Å². The van der Waals surface area contributed by atoms with Crippen LogP contribution in [0.15, 0.2) is 34.9 Å². The maximum absolute atomic E-state index is 12.2. The maximum atomic E-state index is 12.2. The van der Waals surface area contributed by atoms with Crippen molar-refractivity contribution >= 4 is 56.4 Å². The molecular weight excluding hydrogens is 385 g/mol. The first kappa shape index (κ1) is 15.7. The third-order valence-electron chi connectivity index (χ3n) is 2.48. The number of aromatic nitrogens is 1. The fourth-order valence-electron chi connectivity index (χ4n) is 1.57. The van der Waals surface area contributed by atoms with Crippen LogP contribution >= 0.6 is 39.1 Å². The van der Waals surface area contributed by atoms with Gasteiger partial charge in [-0.25, -0.2) is 4.98 Å². The van der Waals surface area contributed by atoms with Gasteiger partial charge in [0.15, 0.2) is 0 Å². The summed E-state index contributed by atoms with van der Waals surface area (Å²) in [7, 11) is 0. The van der Waals surface area contributed by atoms with Gasteiger partial charge in [0.1, 0.15) is 5.56 Å². The lowest BCUT2D eigenvalue weighted by molar-refractivity contribution is -0.385. The van der Waals surface area contributed by atoms with Crippen molar-refractivity contribution in [2.24, 2.45) is 0 Å². The first-order valence-corrected chi connectivity index (χ1v) is 7.00. The third kappa shape index (κ3) is 3.49. The van der Waals surface area contributed by atoms with Crippen molar-refractivity contribution in [2.45, 2.75) is 0 Å². The zero-order valence-corrected chi connectivity index (χ0v) is 13.2. The molecule has 1 aromatic carbocycles. The molecule has 0 saturated heterocycles. The minimum atomic E-state index is -0.753. The second kappa shape index (κ2) is 6.38. The summed E-state index contributed by atoms with van der Waals surface area (Å²) in [6, 6.07) is 6.01. The number of hydrogen-bond donors (Lipinski definition) is 1. The van der Waals surface area contributed by atoms with Crippen molar-refractivity contribution in [1.29, 1.82) is 0 Å². The van der Waals surface area contributed by atoms with Gasteiger partial charge in [-0.05, 0) is 40.2 Å². The molecule has 1 aromatic heterocycles. The lowest BCUT2D eigenvalue weighted by atomic mass is 10.2. The van der Waals surface area contributed by atoms with Crippen LogP contribution in [0.25, 0.3) is 0 Å². The van der Waals surface area contributed by atoms with Crippen LogP contribution in [-0.4, -0.2) is 15.8 Å². The number of halogens is 3. The Morgan fingerprint density at radius 2 is 2.05 bits per heavy atom. The molecule has 0 atom stereocenters. The van der Waals surface area contributed by atoms with Gasteiger partial charge in [-0.3, -0.25) is 14.9 Å². The fraction of sp³-hybridized carbons (Fsp3) is 0. The molecule has 0 saturated carbocycles. The van der Waals surface area contributed by atoms with Crippen molar-refractivity contribution in [3.8, 4) is 0 Å². The highest BCUT2D eigenvalue weighted by atomic mass is 79.9. The van der Waals surface area contributed by atoms with E-state index in [2.05, 4.69) is 26.2 Å². The van der Waals surface area contributed by atoms with Gasteiger partial charge in [-0.2, -0.15) is 0 Å². The molecule has 2 aromatic rings. The Labute approximate surface area is 137 Å². The van der Waals surface area contributed by atoms with E-state index in [0.717, 1.165) is 0 Å².